The van der Waals surface area contributed by atoms with E-state index in [4.69, 9.17) is 0 Å². The molecule has 25 heavy (non-hydrogen) atoms. The van der Waals surface area contributed by atoms with Gasteiger partial charge in [-0.1, -0.05) is 66.8 Å². The van der Waals surface area contributed by atoms with Gasteiger partial charge >= 0.3 is 0 Å². The highest BCUT2D eigenvalue weighted by Crippen LogP contribution is 2.28. The van der Waals surface area contributed by atoms with Crippen molar-refractivity contribution in [1.29, 1.82) is 0 Å². The highest BCUT2D eigenvalue weighted by Gasteiger charge is 2.09. The maximum Gasteiger partial charge on any atom is -0.00667 e. The minimum atomic E-state index is 0.996. The Morgan fingerprint density at radius 2 is 1.76 bits per heavy atom. The summed E-state index contributed by atoms with van der Waals surface area (Å²) in [7, 11) is 0. The first-order valence-corrected chi connectivity index (χ1v) is 9.24. The van der Waals surface area contributed by atoms with Gasteiger partial charge in [-0.25, -0.2) is 0 Å². The molecular weight excluding hydrogens is 300 g/mol. The van der Waals surface area contributed by atoms with E-state index < -0.39 is 0 Å². The van der Waals surface area contributed by atoms with Crippen LogP contribution in [-0.4, -0.2) is 0 Å². The van der Waals surface area contributed by atoms with Crippen LogP contribution in [0, 0.1) is 6.92 Å². The molecule has 0 saturated carbocycles. The van der Waals surface area contributed by atoms with Crippen molar-refractivity contribution in [2.45, 2.75) is 46.0 Å². The molecule has 0 radical (unpaired) electrons. The second-order valence-corrected chi connectivity index (χ2v) is 7.35. The van der Waals surface area contributed by atoms with Gasteiger partial charge in [-0.2, -0.15) is 0 Å². The smallest absolute Gasteiger partial charge is 0.00667 e. The van der Waals surface area contributed by atoms with Crippen LogP contribution in [-0.2, 0) is 12.8 Å². The summed E-state index contributed by atoms with van der Waals surface area (Å²) < 4.78 is 0. The number of benzene rings is 2. The Morgan fingerprint density at radius 1 is 0.920 bits per heavy atom. The van der Waals surface area contributed by atoms with Crippen molar-refractivity contribution in [1.82, 2.24) is 0 Å². The molecular formula is C25H28. The fraction of sp³-hybridized carbons (Fsp3) is 0.280. The average Bonchev–Trinajstić information content (AvgIpc) is 2.59. The molecule has 0 atom stereocenters. The molecule has 0 heterocycles. The van der Waals surface area contributed by atoms with Crippen LogP contribution in [0.4, 0.5) is 0 Å². The van der Waals surface area contributed by atoms with E-state index in [2.05, 4.69) is 69.5 Å². The third-order valence-corrected chi connectivity index (χ3v) is 5.09. The van der Waals surface area contributed by atoms with E-state index >= 15 is 0 Å². The molecule has 3 rings (SSSR count). The summed E-state index contributed by atoms with van der Waals surface area (Å²) in [6.45, 7) is 12.6. The lowest BCUT2D eigenvalue weighted by atomic mass is 9.90. The summed E-state index contributed by atoms with van der Waals surface area (Å²) in [5.74, 6) is 0. The van der Waals surface area contributed by atoms with Gasteiger partial charge in [-0.15, -0.1) is 0 Å². The number of hydrogen-bond acceptors (Lipinski definition) is 0. The maximum atomic E-state index is 4.32. The molecule has 1 aliphatic rings. The van der Waals surface area contributed by atoms with Gasteiger partial charge in [-0.05, 0) is 85.4 Å². The second-order valence-electron chi connectivity index (χ2n) is 7.35. The van der Waals surface area contributed by atoms with E-state index in [1.807, 2.05) is 6.08 Å². The zero-order chi connectivity index (χ0) is 17.8. The number of aryl methyl sites for hydroxylation is 1. The van der Waals surface area contributed by atoms with Gasteiger partial charge in [0.25, 0.3) is 0 Å². The van der Waals surface area contributed by atoms with Crippen LogP contribution in [0.2, 0.25) is 0 Å². The van der Waals surface area contributed by atoms with E-state index in [0.29, 0.717) is 0 Å². The van der Waals surface area contributed by atoms with Gasteiger partial charge in [0.05, 0.1) is 0 Å². The fourth-order valence-corrected chi connectivity index (χ4v) is 3.63. The van der Waals surface area contributed by atoms with Gasteiger partial charge in [0.1, 0.15) is 0 Å². The Bertz CT molecular complexity index is 833. The van der Waals surface area contributed by atoms with Crippen LogP contribution in [0.1, 0.15) is 48.4 Å². The fourth-order valence-electron chi connectivity index (χ4n) is 3.63. The monoisotopic (exact) mass is 328 g/mol. The zero-order valence-corrected chi connectivity index (χ0v) is 15.6. The third kappa shape index (κ3) is 4.39. The van der Waals surface area contributed by atoms with Gasteiger partial charge in [0.2, 0.25) is 0 Å². The predicted octanol–water partition coefficient (Wildman–Crippen LogP) is 7.08. The summed E-state index contributed by atoms with van der Waals surface area (Å²) in [5, 5.41) is 0. The minimum Gasteiger partial charge on any atom is -0.0995 e. The maximum absolute atomic E-state index is 4.32. The van der Waals surface area contributed by atoms with Gasteiger partial charge < -0.3 is 0 Å². The molecule has 0 unspecified atom stereocenters. The number of fused-ring (bicyclic) bond motifs is 1. The van der Waals surface area contributed by atoms with Crippen LogP contribution >= 0.6 is 0 Å². The third-order valence-electron chi connectivity index (χ3n) is 5.09. The first kappa shape index (κ1) is 17.5. The lowest BCUT2D eigenvalue weighted by molar-refractivity contribution is 0.779. The van der Waals surface area contributed by atoms with Crippen LogP contribution in [0.25, 0.3) is 17.2 Å². The second kappa shape index (κ2) is 7.70. The predicted molar refractivity (Wildman–Crippen MR) is 111 cm³/mol. The Morgan fingerprint density at radius 3 is 2.56 bits per heavy atom. The van der Waals surface area contributed by atoms with E-state index in [1.54, 1.807) is 0 Å². The topological polar surface area (TPSA) is 0 Å². The highest BCUT2D eigenvalue weighted by molar-refractivity contribution is 5.69. The first-order chi connectivity index (χ1) is 12.0. The molecule has 2 aromatic rings. The standard InChI is InChI=1S/C25H28/c1-5-21-13-20(4)15-24(16-21)23-12-11-22-10-9-18(2)7-6-8-19(3)14-25(22)17-23/h5,9,11-13,15-17H,1,3,6-8,10,14H2,2,4H3/b18-9-. The van der Waals surface area contributed by atoms with Crippen molar-refractivity contribution in [3.8, 4) is 11.1 Å². The summed E-state index contributed by atoms with van der Waals surface area (Å²) in [4.78, 5) is 0. The van der Waals surface area contributed by atoms with Crippen LogP contribution in [0.5, 0.6) is 0 Å². The molecule has 0 nitrogen and oxygen atoms in total. The van der Waals surface area contributed by atoms with Gasteiger partial charge in [0, 0.05) is 0 Å². The molecule has 2 aromatic carbocycles. The SMILES string of the molecule is C=Cc1cc(C)cc(-c2ccc3c(c2)CC(=C)CCC/C(C)=C\C3)c1. The molecule has 1 aliphatic carbocycles. The van der Waals surface area contributed by atoms with Gasteiger partial charge in [-0.3, -0.25) is 0 Å². The molecule has 0 N–H and O–H groups in total. The summed E-state index contributed by atoms with van der Waals surface area (Å²) in [6, 6.07) is 13.6. The Kier molecular flexibility index (Phi) is 5.38. The lowest BCUT2D eigenvalue weighted by Gasteiger charge is -2.15. The molecule has 0 amide bonds. The zero-order valence-electron chi connectivity index (χ0n) is 15.6. The van der Waals surface area contributed by atoms with Crippen molar-refractivity contribution < 1.29 is 0 Å². The number of allylic oxidation sites excluding steroid dienone is 3. The van der Waals surface area contributed by atoms with Crippen molar-refractivity contribution >= 4 is 6.08 Å². The van der Waals surface area contributed by atoms with Crippen LogP contribution < -0.4 is 0 Å². The lowest BCUT2D eigenvalue weighted by Crippen LogP contribution is -1.99. The van der Waals surface area contributed by atoms with Crippen molar-refractivity contribution in [2.24, 2.45) is 0 Å². The Balaban J connectivity index is 2.03. The molecule has 128 valence electrons. The normalized spacial score (nSPS) is 17.4. The molecule has 0 spiro atoms. The summed E-state index contributed by atoms with van der Waals surface area (Å²) in [5.41, 5.74) is 10.7. The molecule has 0 aliphatic heterocycles. The molecule has 0 fully saturated rings. The summed E-state index contributed by atoms with van der Waals surface area (Å²) >= 11 is 0. The Hall–Kier alpha value is -2.34. The van der Waals surface area contributed by atoms with Crippen LogP contribution in [0.15, 0.2) is 66.8 Å². The first-order valence-electron chi connectivity index (χ1n) is 9.24. The molecule has 0 heteroatoms. The Labute approximate surface area is 152 Å². The molecule has 0 saturated heterocycles. The van der Waals surface area contributed by atoms with E-state index in [0.717, 1.165) is 19.3 Å². The van der Waals surface area contributed by atoms with E-state index in [9.17, 15) is 0 Å². The number of hydrogen-bond donors (Lipinski definition) is 0. The molecule has 0 aromatic heterocycles. The van der Waals surface area contributed by atoms with Gasteiger partial charge in [0.15, 0.2) is 0 Å². The number of rotatable bonds is 2. The van der Waals surface area contributed by atoms with E-state index in [-0.39, 0.29) is 0 Å². The molecule has 0 bridgehead atoms. The minimum absolute atomic E-state index is 0.996. The quantitative estimate of drug-likeness (QED) is 0.517. The van der Waals surface area contributed by atoms with Crippen LogP contribution in [0.3, 0.4) is 0 Å². The van der Waals surface area contributed by atoms with Crippen molar-refractivity contribution in [3.05, 3.63) is 89.0 Å². The average molecular weight is 328 g/mol. The summed E-state index contributed by atoms with van der Waals surface area (Å²) in [6.07, 6.45) is 9.88. The highest BCUT2D eigenvalue weighted by atomic mass is 14.1. The van der Waals surface area contributed by atoms with Crippen molar-refractivity contribution in [2.75, 3.05) is 0 Å². The van der Waals surface area contributed by atoms with Crippen molar-refractivity contribution in [3.63, 3.8) is 0 Å². The van der Waals surface area contributed by atoms with E-state index in [1.165, 1.54) is 57.4 Å². The largest absolute Gasteiger partial charge is 0.0995 e.